The minimum Gasteiger partial charge on any atom is -0.373 e. The highest BCUT2D eigenvalue weighted by Crippen LogP contribution is 1.94. The smallest absolute Gasteiger partial charge is 0.225 e. The summed E-state index contributed by atoms with van der Waals surface area (Å²) in [7, 11) is 0. The molecule has 1 rings (SSSR count). The molecule has 0 saturated heterocycles. The van der Waals surface area contributed by atoms with Gasteiger partial charge in [0.1, 0.15) is 0 Å². The lowest BCUT2D eigenvalue weighted by molar-refractivity contribution is -0.456. The molecule has 74 valence electrons. The van der Waals surface area contributed by atoms with Crippen molar-refractivity contribution < 1.29 is 5.10 Å². The van der Waals surface area contributed by atoms with Gasteiger partial charge in [-0.3, -0.25) is 0 Å². The topological polar surface area (TPSA) is 52.3 Å². The molecule has 0 aliphatic heterocycles. The Balaban J connectivity index is 2.53. The summed E-state index contributed by atoms with van der Waals surface area (Å²) in [6.45, 7) is 2.04. The third-order valence-corrected chi connectivity index (χ3v) is 2.17. The zero-order chi connectivity index (χ0) is 10.2. The molecule has 0 heterocycles. The molecule has 4 heteroatoms. The third kappa shape index (κ3) is 4.09. The van der Waals surface area contributed by atoms with Crippen molar-refractivity contribution in [2.24, 2.45) is 10.8 Å². The highest BCUT2D eigenvalue weighted by atomic mass is 32.2. The maximum atomic E-state index is 5.58. The molecule has 0 spiro atoms. The molecule has 0 atom stereocenters. The minimum atomic E-state index is 0.555. The number of nitrogens with two attached hydrogens (primary N) is 1. The lowest BCUT2D eigenvalue weighted by Crippen LogP contribution is -2.62. The number of hydrogen-bond donors (Lipinski definition) is 2. The van der Waals surface area contributed by atoms with Gasteiger partial charge < -0.3 is 5.73 Å². The number of thioether (sulfide) groups is 1. The summed E-state index contributed by atoms with van der Waals surface area (Å²) in [5.41, 5.74) is 6.65. The van der Waals surface area contributed by atoms with Crippen molar-refractivity contribution in [2.45, 2.75) is 6.92 Å². The summed E-state index contributed by atoms with van der Waals surface area (Å²) in [6, 6.07) is 9.90. The molecule has 3 nitrogen and oxygen atoms in total. The minimum absolute atomic E-state index is 0.555. The molecule has 14 heavy (non-hydrogen) atoms. The quantitative estimate of drug-likeness (QED) is 0.422. The van der Waals surface area contributed by atoms with Crippen LogP contribution in [0.1, 0.15) is 12.5 Å². The van der Waals surface area contributed by atoms with E-state index in [-0.39, 0.29) is 0 Å². The van der Waals surface area contributed by atoms with Crippen molar-refractivity contribution in [1.82, 2.24) is 0 Å². The molecule has 0 unspecified atom stereocenters. The standard InChI is InChI=1S/C10H13N3S/c1-2-14-10(11)13-12-8-9-6-4-3-5-7-9/h3-8H,2H2,1H3,(H2,11,13)/p+1. The van der Waals surface area contributed by atoms with Crippen LogP contribution < -0.4 is 10.8 Å². The summed E-state index contributed by atoms with van der Waals surface area (Å²) >= 11 is 1.51. The Morgan fingerprint density at radius 3 is 2.86 bits per heavy atom. The highest BCUT2D eigenvalue weighted by molar-refractivity contribution is 8.13. The highest BCUT2D eigenvalue weighted by Gasteiger charge is 1.92. The Morgan fingerprint density at radius 1 is 1.50 bits per heavy atom. The van der Waals surface area contributed by atoms with Gasteiger partial charge in [0.05, 0.1) is 0 Å². The van der Waals surface area contributed by atoms with Crippen LogP contribution in [0.15, 0.2) is 35.4 Å². The van der Waals surface area contributed by atoms with Crippen molar-refractivity contribution in [2.75, 3.05) is 5.75 Å². The van der Waals surface area contributed by atoms with Crippen molar-refractivity contribution in [3.63, 3.8) is 0 Å². The first-order valence-electron chi connectivity index (χ1n) is 4.42. The van der Waals surface area contributed by atoms with Gasteiger partial charge >= 0.3 is 0 Å². The fourth-order valence-electron chi connectivity index (χ4n) is 0.900. The summed E-state index contributed by atoms with van der Waals surface area (Å²) < 4.78 is 0. The number of benzene rings is 1. The Labute approximate surface area is 88.1 Å². The van der Waals surface area contributed by atoms with Gasteiger partial charge in [0.15, 0.2) is 0 Å². The zero-order valence-electron chi connectivity index (χ0n) is 8.10. The molecular weight excluding hydrogens is 194 g/mol. The molecule has 0 bridgehead atoms. The maximum absolute atomic E-state index is 5.58. The lowest BCUT2D eigenvalue weighted by Gasteiger charge is -1.88. The summed E-state index contributed by atoms with van der Waals surface area (Å²) in [5.74, 6) is 0.933. The van der Waals surface area contributed by atoms with Crippen LogP contribution in [0, 0.1) is 0 Å². The molecular formula is C10H14N3S+. The number of hydrazone groups is 1. The fourth-order valence-corrected chi connectivity index (χ4v) is 1.31. The van der Waals surface area contributed by atoms with Crippen molar-refractivity contribution in [3.8, 4) is 0 Å². The van der Waals surface area contributed by atoms with E-state index in [0.29, 0.717) is 5.17 Å². The van der Waals surface area contributed by atoms with Gasteiger partial charge in [0.2, 0.25) is 11.4 Å². The molecule has 0 aliphatic rings. The average Bonchev–Trinajstić information content (AvgIpc) is 2.20. The van der Waals surface area contributed by atoms with Gasteiger partial charge in [0.25, 0.3) is 0 Å². The summed E-state index contributed by atoms with van der Waals surface area (Å²) in [4.78, 5) is 0. The van der Waals surface area contributed by atoms with Crippen LogP contribution in [-0.2, 0) is 0 Å². The van der Waals surface area contributed by atoms with Gasteiger partial charge in [0, 0.05) is 10.7 Å². The number of nitrogens with one attached hydrogen (secondary N) is 1. The molecule has 0 radical (unpaired) electrons. The van der Waals surface area contributed by atoms with E-state index in [0.717, 1.165) is 11.3 Å². The number of nitrogens with zero attached hydrogens (tertiary/aromatic N) is 1. The van der Waals surface area contributed by atoms with E-state index < -0.39 is 0 Å². The van der Waals surface area contributed by atoms with Crippen molar-refractivity contribution >= 4 is 23.1 Å². The number of amidine groups is 1. The van der Waals surface area contributed by atoms with Crippen molar-refractivity contribution in [3.05, 3.63) is 35.9 Å². The first-order valence-corrected chi connectivity index (χ1v) is 5.41. The van der Waals surface area contributed by atoms with Crippen LogP contribution in [0.2, 0.25) is 0 Å². The number of rotatable bonds is 3. The second-order valence-electron chi connectivity index (χ2n) is 2.57. The maximum Gasteiger partial charge on any atom is 0.225 e. The predicted molar refractivity (Wildman–Crippen MR) is 62.3 cm³/mol. The molecule has 1 aromatic rings. The van der Waals surface area contributed by atoms with E-state index in [9.17, 15) is 0 Å². The summed E-state index contributed by atoms with van der Waals surface area (Å²) in [6.07, 6.45) is 1.81. The van der Waals surface area contributed by atoms with E-state index in [2.05, 4.69) is 10.2 Å². The van der Waals surface area contributed by atoms with E-state index in [4.69, 9.17) is 5.73 Å². The van der Waals surface area contributed by atoms with Crippen molar-refractivity contribution in [1.29, 1.82) is 0 Å². The molecule has 0 amide bonds. The Hall–Kier alpha value is -1.29. The first-order chi connectivity index (χ1) is 6.83. The zero-order valence-corrected chi connectivity index (χ0v) is 8.92. The van der Waals surface area contributed by atoms with E-state index in [1.165, 1.54) is 11.8 Å². The van der Waals surface area contributed by atoms with Crippen LogP contribution in [0.25, 0.3) is 0 Å². The van der Waals surface area contributed by atoms with Gasteiger partial charge in [-0.2, -0.15) is 0 Å². The fraction of sp³-hybridized carbons (Fsp3) is 0.200. The Kier molecular flexibility index (Phi) is 4.78. The molecule has 0 saturated carbocycles. The van der Waals surface area contributed by atoms with Crippen LogP contribution in [-0.4, -0.2) is 17.1 Å². The average molecular weight is 208 g/mol. The summed E-state index contributed by atoms with van der Waals surface area (Å²) in [5, 5.41) is 7.32. The second kappa shape index (κ2) is 6.21. The van der Waals surface area contributed by atoms with Gasteiger partial charge in [-0.1, -0.05) is 36.9 Å². The first kappa shape index (κ1) is 10.8. The van der Waals surface area contributed by atoms with Crippen LogP contribution in [0.5, 0.6) is 0 Å². The molecule has 0 fully saturated rings. The van der Waals surface area contributed by atoms with E-state index in [1.807, 2.05) is 43.5 Å². The van der Waals surface area contributed by atoms with Gasteiger partial charge in [-0.05, 0) is 17.9 Å². The van der Waals surface area contributed by atoms with Crippen LogP contribution >= 0.6 is 11.8 Å². The molecule has 0 aromatic heterocycles. The van der Waals surface area contributed by atoms with Gasteiger partial charge in [-0.15, -0.1) is 5.10 Å². The predicted octanol–water partition coefficient (Wildman–Crippen LogP) is 0.169. The van der Waals surface area contributed by atoms with Crippen LogP contribution in [0.4, 0.5) is 0 Å². The van der Waals surface area contributed by atoms with Gasteiger partial charge in [-0.25, -0.2) is 0 Å². The largest absolute Gasteiger partial charge is 0.373 e. The number of hydrogen-bond acceptors (Lipinski definition) is 2. The second-order valence-corrected chi connectivity index (χ2v) is 3.85. The SMILES string of the molecule is CCSC(N)=N[NH+]=Cc1ccccc1. The lowest BCUT2D eigenvalue weighted by atomic mass is 10.2. The third-order valence-electron chi connectivity index (χ3n) is 1.50. The molecule has 1 aromatic carbocycles. The normalized spacial score (nSPS) is 12.2. The van der Waals surface area contributed by atoms with E-state index >= 15 is 0 Å². The van der Waals surface area contributed by atoms with Crippen LogP contribution in [0.3, 0.4) is 0 Å². The Morgan fingerprint density at radius 2 is 2.21 bits per heavy atom. The Bertz CT molecular complexity index is 319. The monoisotopic (exact) mass is 208 g/mol. The molecule has 0 aliphatic carbocycles. The van der Waals surface area contributed by atoms with E-state index in [1.54, 1.807) is 0 Å². The molecule has 3 N–H and O–H groups in total.